The average molecular weight is 649 g/mol. The van der Waals surface area contributed by atoms with E-state index in [4.69, 9.17) is 5.73 Å². The van der Waals surface area contributed by atoms with E-state index < -0.39 is 62.6 Å². The molecular formula is C28H24F8N4O3S. The second-order valence-electron chi connectivity index (χ2n) is 10.2. The fourth-order valence-electron chi connectivity index (χ4n) is 4.70. The third-order valence-electron chi connectivity index (χ3n) is 7.03. The predicted molar refractivity (Wildman–Crippen MR) is 143 cm³/mol. The smallest absolute Gasteiger partial charge is 0.366 e. The van der Waals surface area contributed by atoms with Crippen LogP contribution in [0.25, 0.3) is 23.0 Å². The van der Waals surface area contributed by atoms with Crippen molar-refractivity contribution in [1.82, 2.24) is 14.3 Å². The first-order chi connectivity index (χ1) is 20.3. The first kappa shape index (κ1) is 33.0. The molecule has 2 heterocycles. The highest BCUT2D eigenvalue weighted by atomic mass is 32.2. The number of carbonyl (C=O) groups excluding carboxylic acids is 1. The van der Waals surface area contributed by atoms with Crippen molar-refractivity contribution >= 4 is 27.6 Å². The van der Waals surface area contributed by atoms with E-state index in [1.54, 1.807) is 0 Å². The zero-order chi connectivity index (χ0) is 32.7. The van der Waals surface area contributed by atoms with Gasteiger partial charge in [0, 0.05) is 36.3 Å². The predicted octanol–water partition coefficient (Wildman–Crippen LogP) is 6.26. The number of hydrogen-bond acceptors (Lipinski definition) is 5. The largest absolute Gasteiger partial charge is 0.416 e. The lowest BCUT2D eigenvalue weighted by molar-refractivity contribution is -0.143. The molecule has 44 heavy (non-hydrogen) atoms. The van der Waals surface area contributed by atoms with Gasteiger partial charge in [0.1, 0.15) is 0 Å². The van der Waals surface area contributed by atoms with Crippen molar-refractivity contribution in [2.75, 3.05) is 13.1 Å². The van der Waals surface area contributed by atoms with E-state index in [1.807, 2.05) is 0 Å². The van der Waals surface area contributed by atoms with Crippen molar-refractivity contribution in [2.24, 2.45) is 11.7 Å². The van der Waals surface area contributed by atoms with Crippen molar-refractivity contribution in [3.8, 4) is 11.4 Å². The number of amides is 1. The number of aromatic nitrogens is 2. The molecule has 0 aliphatic carbocycles. The van der Waals surface area contributed by atoms with Crippen molar-refractivity contribution in [3.05, 3.63) is 77.1 Å². The summed E-state index contributed by atoms with van der Waals surface area (Å²) in [6.07, 6.45) is -8.19. The molecule has 7 nitrogen and oxygen atoms in total. The number of nitrogens with zero attached hydrogens (tertiary/aromatic N) is 3. The van der Waals surface area contributed by atoms with Crippen LogP contribution >= 0.6 is 0 Å². The van der Waals surface area contributed by atoms with E-state index in [1.165, 1.54) is 24.3 Å². The Morgan fingerprint density at radius 2 is 1.52 bits per heavy atom. The molecular weight excluding hydrogens is 624 g/mol. The maximum Gasteiger partial charge on any atom is 0.416 e. The minimum absolute atomic E-state index is 0.00661. The van der Waals surface area contributed by atoms with Crippen LogP contribution in [0.1, 0.15) is 42.1 Å². The quantitative estimate of drug-likeness (QED) is 0.241. The molecule has 2 aromatic carbocycles. The van der Waals surface area contributed by atoms with Gasteiger partial charge in [0.05, 0.1) is 21.7 Å². The van der Waals surface area contributed by atoms with Crippen LogP contribution in [-0.4, -0.2) is 47.6 Å². The minimum atomic E-state index is -5.10. The second kappa shape index (κ2) is 11.9. The Kier molecular flexibility index (Phi) is 8.90. The number of nitrogens with two attached hydrogens (primary N) is 1. The van der Waals surface area contributed by atoms with E-state index in [9.17, 15) is 48.3 Å². The second-order valence-corrected chi connectivity index (χ2v) is 12.1. The number of halogens is 8. The Hall–Kier alpha value is -3.92. The average Bonchev–Trinajstić information content (AvgIpc) is 2.94. The lowest BCUT2D eigenvalue weighted by atomic mass is 9.92. The molecule has 2 N–H and O–H groups in total. The molecule has 236 valence electrons. The number of hydrogen-bond donors (Lipinski definition) is 1. The van der Waals surface area contributed by atoms with Gasteiger partial charge in [0.2, 0.25) is 21.9 Å². The van der Waals surface area contributed by atoms with Crippen LogP contribution in [-0.2, 0) is 27.2 Å². The Balaban J connectivity index is 1.70. The number of carbonyl (C=O) groups is 1. The van der Waals surface area contributed by atoms with Gasteiger partial charge in [0.25, 0.3) is 0 Å². The Morgan fingerprint density at radius 1 is 0.932 bits per heavy atom. The Labute approximate surface area is 246 Å². The van der Waals surface area contributed by atoms with Crippen LogP contribution in [0, 0.1) is 5.92 Å². The van der Waals surface area contributed by atoms with Crippen LogP contribution in [0.4, 0.5) is 35.1 Å². The van der Waals surface area contributed by atoms with Gasteiger partial charge in [-0.15, -0.1) is 0 Å². The topological polar surface area (TPSA) is 106 Å². The molecule has 4 rings (SSSR count). The van der Waals surface area contributed by atoms with E-state index in [0.29, 0.717) is 12.1 Å². The van der Waals surface area contributed by atoms with Crippen LogP contribution in [0.15, 0.2) is 59.6 Å². The molecule has 0 unspecified atom stereocenters. The van der Waals surface area contributed by atoms with Crippen LogP contribution in [0.3, 0.4) is 0 Å². The number of alkyl halides is 8. The third-order valence-corrected chi connectivity index (χ3v) is 8.93. The maximum absolute atomic E-state index is 13.7. The minimum Gasteiger partial charge on any atom is -0.366 e. The van der Waals surface area contributed by atoms with Gasteiger partial charge in [-0.1, -0.05) is 12.1 Å². The van der Waals surface area contributed by atoms with Gasteiger partial charge in [-0.25, -0.2) is 27.2 Å². The summed E-state index contributed by atoms with van der Waals surface area (Å²) in [5.74, 6) is -5.50. The fraction of sp³-hybridized carbons (Fsp3) is 0.321. The molecule has 1 aromatic heterocycles. The normalized spacial score (nSPS) is 16.2. The molecule has 0 bridgehead atoms. The molecule has 1 amide bonds. The summed E-state index contributed by atoms with van der Waals surface area (Å²) in [6, 6.07) is 7.11. The molecule has 1 saturated heterocycles. The maximum atomic E-state index is 13.7. The Morgan fingerprint density at radius 3 is 2.05 bits per heavy atom. The van der Waals surface area contributed by atoms with E-state index in [-0.39, 0.29) is 53.7 Å². The summed E-state index contributed by atoms with van der Waals surface area (Å²) in [5.41, 5.74) is 1.38. The zero-order valence-electron chi connectivity index (χ0n) is 22.8. The summed E-state index contributed by atoms with van der Waals surface area (Å²) in [6.45, 7) is 0.492. The number of primary amides is 1. The first-order valence-corrected chi connectivity index (χ1v) is 14.3. The summed E-state index contributed by atoms with van der Waals surface area (Å²) in [5, 5.41) is 0. The molecule has 0 spiro atoms. The fourth-order valence-corrected chi connectivity index (χ4v) is 6.21. The van der Waals surface area contributed by atoms with E-state index >= 15 is 0 Å². The third kappa shape index (κ3) is 7.41. The highest BCUT2D eigenvalue weighted by Gasteiger charge is 2.40. The van der Waals surface area contributed by atoms with Gasteiger partial charge in [-0.3, -0.25) is 4.79 Å². The van der Waals surface area contributed by atoms with Gasteiger partial charge in [-0.2, -0.15) is 30.6 Å². The van der Waals surface area contributed by atoms with Gasteiger partial charge in [0.15, 0.2) is 5.82 Å². The molecule has 3 aromatic rings. The SMILES string of the molecule is CC(F)(F)C1CCN(S(=O)(=O)c2cccc(/C(=C\c3ccnc(-c4cc(C(F)(F)F)cc(C(F)(F)F)c4)n3)C(N)=O)c2)CC1. The lowest BCUT2D eigenvalue weighted by Gasteiger charge is -2.33. The van der Waals surface area contributed by atoms with Crippen molar-refractivity contribution in [3.63, 3.8) is 0 Å². The number of rotatable bonds is 7. The van der Waals surface area contributed by atoms with Crippen molar-refractivity contribution < 1.29 is 48.3 Å². The van der Waals surface area contributed by atoms with Crippen LogP contribution in [0.2, 0.25) is 0 Å². The highest BCUT2D eigenvalue weighted by molar-refractivity contribution is 7.89. The van der Waals surface area contributed by atoms with E-state index in [0.717, 1.165) is 29.6 Å². The monoisotopic (exact) mass is 648 g/mol. The standard InChI is InChI=1S/C28H24F8N4O3S/c1-26(29,30)18-6-9-40(10-7-18)44(42,43)22-4-2-3-16(13-22)23(24(37)41)15-21-5-8-38-25(39-21)17-11-19(27(31,32)33)14-20(12-17)28(34,35)36/h2-5,8,11-15,18H,6-7,9-10H2,1H3,(H2,37,41)/b23-15+. The van der Waals surface area contributed by atoms with Gasteiger partial charge < -0.3 is 5.73 Å². The molecule has 0 atom stereocenters. The Bertz CT molecular complexity index is 1660. The van der Waals surface area contributed by atoms with Crippen LogP contribution < -0.4 is 5.73 Å². The van der Waals surface area contributed by atoms with Gasteiger partial charge in [-0.05, 0) is 67.8 Å². The molecule has 1 fully saturated rings. The van der Waals surface area contributed by atoms with Crippen molar-refractivity contribution in [1.29, 1.82) is 0 Å². The summed E-state index contributed by atoms with van der Waals surface area (Å²) in [7, 11) is -4.16. The molecule has 1 aliphatic heterocycles. The lowest BCUT2D eigenvalue weighted by Crippen LogP contribution is -2.42. The highest BCUT2D eigenvalue weighted by Crippen LogP contribution is 2.38. The molecule has 16 heteroatoms. The summed E-state index contributed by atoms with van der Waals surface area (Å²) >= 11 is 0. The molecule has 0 radical (unpaired) electrons. The zero-order valence-corrected chi connectivity index (χ0v) is 23.6. The number of benzene rings is 2. The molecule has 1 aliphatic rings. The number of piperidine rings is 1. The van der Waals surface area contributed by atoms with E-state index in [2.05, 4.69) is 9.97 Å². The summed E-state index contributed by atoms with van der Waals surface area (Å²) in [4.78, 5) is 19.9. The molecule has 0 saturated carbocycles. The van der Waals surface area contributed by atoms with Crippen molar-refractivity contribution in [2.45, 2.75) is 42.9 Å². The number of sulfonamides is 1. The first-order valence-electron chi connectivity index (χ1n) is 12.9. The summed E-state index contributed by atoms with van der Waals surface area (Å²) < 4.78 is 135. The van der Waals surface area contributed by atoms with Crippen LogP contribution in [0.5, 0.6) is 0 Å². The van der Waals surface area contributed by atoms with Gasteiger partial charge >= 0.3 is 12.4 Å².